The molecule has 0 heterocycles. The fourth-order valence-corrected chi connectivity index (χ4v) is 2.25. The average molecular weight is 218 g/mol. The molecule has 1 aliphatic rings. The number of hydrogen-bond donors (Lipinski definition) is 0. The van der Waals surface area contributed by atoms with E-state index in [2.05, 4.69) is 60.3 Å². The lowest BCUT2D eigenvalue weighted by Crippen LogP contribution is -2.08. The van der Waals surface area contributed by atoms with Gasteiger partial charge in [-0.25, -0.2) is 0 Å². The van der Waals surface area contributed by atoms with Crippen molar-refractivity contribution in [2.45, 2.75) is 48.0 Å². The van der Waals surface area contributed by atoms with Gasteiger partial charge in [-0.3, -0.25) is 0 Å². The highest BCUT2D eigenvalue weighted by Gasteiger charge is 2.26. The van der Waals surface area contributed by atoms with Gasteiger partial charge in [-0.2, -0.15) is 0 Å². The van der Waals surface area contributed by atoms with Crippen LogP contribution in [0.2, 0.25) is 0 Å². The van der Waals surface area contributed by atoms with Crippen LogP contribution < -0.4 is 0 Å². The van der Waals surface area contributed by atoms with Crippen LogP contribution in [0.5, 0.6) is 0 Å². The quantitative estimate of drug-likeness (QED) is 0.575. The minimum Gasteiger partial charge on any atom is -0.0998 e. The van der Waals surface area contributed by atoms with Gasteiger partial charge in [0.2, 0.25) is 0 Å². The lowest BCUT2D eigenvalue weighted by atomic mass is 9.86. The summed E-state index contributed by atoms with van der Waals surface area (Å²) >= 11 is 0. The Balaban J connectivity index is 2.96. The summed E-state index contributed by atoms with van der Waals surface area (Å²) in [6.07, 6.45) is 5.92. The maximum Gasteiger partial charge on any atom is 0.00122 e. The first-order valence-corrected chi connectivity index (χ1v) is 6.29. The van der Waals surface area contributed by atoms with Gasteiger partial charge in [-0.15, -0.1) is 0 Å². The minimum absolute atomic E-state index is 0.268. The Kier molecular flexibility index (Phi) is 3.83. The van der Waals surface area contributed by atoms with E-state index in [0.29, 0.717) is 11.8 Å². The molecule has 1 aliphatic carbocycles. The summed E-state index contributed by atoms with van der Waals surface area (Å²) in [5.74, 6) is 1.30. The molecule has 0 bridgehead atoms. The van der Waals surface area contributed by atoms with Crippen LogP contribution in [0, 0.1) is 17.3 Å². The van der Waals surface area contributed by atoms with Gasteiger partial charge in [0.15, 0.2) is 0 Å². The Morgan fingerprint density at radius 2 is 1.94 bits per heavy atom. The molecule has 16 heavy (non-hydrogen) atoms. The van der Waals surface area contributed by atoms with Crippen LogP contribution in [-0.4, -0.2) is 0 Å². The Labute approximate surface area is 101 Å². The third kappa shape index (κ3) is 3.10. The molecule has 1 unspecified atom stereocenters. The Bertz CT molecular complexity index is 332. The van der Waals surface area contributed by atoms with E-state index >= 15 is 0 Å². The SMILES string of the molecule is C=C(C)CC1=CC(C(C)(C)C)=CC1C(C)C. The molecule has 0 aromatic heterocycles. The molecule has 1 rings (SSSR count). The van der Waals surface area contributed by atoms with E-state index in [9.17, 15) is 0 Å². The van der Waals surface area contributed by atoms with Gasteiger partial charge >= 0.3 is 0 Å². The topological polar surface area (TPSA) is 0 Å². The molecule has 0 fully saturated rings. The second-order valence-electron chi connectivity index (χ2n) is 6.49. The lowest BCUT2D eigenvalue weighted by molar-refractivity contribution is 0.501. The number of rotatable bonds is 3. The van der Waals surface area contributed by atoms with Crippen molar-refractivity contribution in [1.82, 2.24) is 0 Å². The minimum atomic E-state index is 0.268. The van der Waals surface area contributed by atoms with Gasteiger partial charge in [0.25, 0.3) is 0 Å². The first-order chi connectivity index (χ1) is 7.21. The van der Waals surface area contributed by atoms with Crippen LogP contribution in [0.25, 0.3) is 0 Å². The van der Waals surface area contributed by atoms with Gasteiger partial charge < -0.3 is 0 Å². The zero-order chi connectivity index (χ0) is 12.5. The summed E-state index contributed by atoms with van der Waals surface area (Å²) in [6.45, 7) is 17.6. The fraction of sp³-hybridized carbons (Fsp3) is 0.625. The van der Waals surface area contributed by atoms with Crippen molar-refractivity contribution in [2.75, 3.05) is 0 Å². The van der Waals surface area contributed by atoms with Crippen molar-refractivity contribution in [1.29, 1.82) is 0 Å². The molecule has 0 saturated carbocycles. The highest BCUT2D eigenvalue weighted by Crippen LogP contribution is 2.40. The van der Waals surface area contributed by atoms with Crippen LogP contribution in [0.3, 0.4) is 0 Å². The van der Waals surface area contributed by atoms with Gasteiger partial charge in [-0.1, -0.05) is 64.5 Å². The predicted molar refractivity (Wildman–Crippen MR) is 73.4 cm³/mol. The average Bonchev–Trinajstić information content (AvgIpc) is 2.45. The van der Waals surface area contributed by atoms with E-state index in [1.165, 1.54) is 11.1 Å². The Hall–Kier alpha value is -0.780. The van der Waals surface area contributed by atoms with Crippen molar-refractivity contribution >= 4 is 0 Å². The fourth-order valence-electron chi connectivity index (χ4n) is 2.25. The van der Waals surface area contributed by atoms with E-state index in [0.717, 1.165) is 6.42 Å². The monoisotopic (exact) mass is 218 g/mol. The van der Waals surface area contributed by atoms with Crippen LogP contribution >= 0.6 is 0 Å². The maximum atomic E-state index is 4.04. The molecule has 0 spiro atoms. The van der Waals surface area contributed by atoms with Gasteiger partial charge in [0.05, 0.1) is 0 Å². The molecule has 0 saturated heterocycles. The molecule has 0 aromatic carbocycles. The van der Waals surface area contributed by atoms with E-state index in [1.807, 2.05) is 0 Å². The van der Waals surface area contributed by atoms with Gasteiger partial charge in [0.1, 0.15) is 0 Å². The van der Waals surface area contributed by atoms with E-state index in [-0.39, 0.29) is 5.41 Å². The molecular weight excluding hydrogens is 192 g/mol. The molecule has 0 aliphatic heterocycles. The van der Waals surface area contributed by atoms with Gasteiger partial charge in [0, 0.05) is 5.92 Å². The smallest absolute Gasteiger partial charge is 0.00122 e. The standard InChI is InChI=1S/C16H26/c1-11(2)8-13-9-14(16(5,6)7)10-15(13)12(3)4/h9-10,12,15H,1,8H2,2-7H3. The molecule has 0 N–H and O–H groups in total. The molecule has 0 amide bonds. The Morgan fingerprint density at radius 1 is 1.38 bits per heavy atom. The largest absolute Gasteiger partial charge is 0.0998 e. The molecule has 1 atom stereocenters. The zero-order valence-corrected chi connectivity index (χ0v) is 11.7. The first-order valence-electron chi connectivity index (χ1n) is 6.29. The number of hydrogen-bond acceptors (Lipinski definition) is 0. The summed E-state index contributed by atoms with van der Waals surface area (Å²) in [7, 11) is 0. The van der Waals surface area contributed by atoms with Crippen LogP contribution in [0.1, 0.15) is 48.0 Å². The zero-order valence-electron chi connectivity index (χ0n) is 11.7. The molecule has 0 radical (unpaired) electrons. The normalized spacial score (nSPS) is 21.1. The van der Waals surface area contributed by atoms with Crippen molar-refractivity contribution in [2.24, 2.45) is 17.3 Å². The summed E-state index contributed by atoms with van der Waals surface area (Å²) in [5.41, 5.74) is 4.57. The van der Waals surface area contributed by atoms with Crippen LogP contribution in [0.4, 0.5) is 0 Å². The summed E-state index contributed by atoms with van der Waals surface area (Å²) in [4.78, 5) is 0. The second-order valence-corrected chi connectivity index (χ2v) is 6.49. The van der Waals surface area contributed by atoms with Gasteiger partial charge in [-0.05, 0) is 30.3 Å². The van der Waals surface area contributed by atoms with E-state index in [1.54, 1.807) is 5.57 Å². The van der Waals surface area contributed by atoms with Crippen molar-refractivity contribution in [3.63, 3.8) is 0 Å². The third-order valence-electron chi connectivity index (χ3n) is 3.22. The predicted octanol–water partition coefficient (Wildman–Crippen LogP) is 5.14. The van der Waals surface area contributed by atoms with Crippen molar-refractivity contribution in [3.8, 4) is 0 Å². The molecule has 0 nitrogen and oxygen atoms in total. The molecule has 0 heteroatoms. The summed E-state index contributed by atoms with van der Waals surface area (Å²) < 4.78 is 0. The van der Waals surface area contributed by atoms with E-state index in [4.69, 9.17) is 0 Å². The van der Waals surface area contributed by atoms with E-state index < -0.39 is 0 Å². The second kappa shape index (κ2) is 4.61. The molecule has 0 aromatic rings. The number of allylic oxidation sites excluding steroid dienone is 5. The van der Waals surface area contributed by atoms with Crippen molar-refractivity contribution in [3.05, 3.63) is 35.5 Å². The molecule has 90 valence electrons. The highest BCUT2D eigenvalue weighted by atomic mass is 14.3. The first kappa shape index (κ1) is 13.3. The third-order valence-corrected chi connectivity index (χ3v) is 3.22. The van der Waals surface area contributed by atoms with Crippen LogP contribution in [-0.2, 0) is 0 Å². The van der Waals surface area contributed by atoms with Crippen LogP contribution in [0.15, 0.2) is 35.5 Å². The maximum absolute atomic E-state index is 4.04. The summed E-state index contributed by atoms with van der Waals surface area (Å²) in [5, 5.41) is 0. The summed E-state index contributed by atoms with van der Waals surface area (Å²) in [6, 6.07) is 0. The Morgan fingerprint density at radius 3 is 2.31 bits per heavy atom. The van der Waals surface area contributed by atoms with Crippen molar-refractivity contribution < 1.29 is 0 Å². The highest BCUT2D eigenvalue weighted by molar-refractivity contribution is 5.40. The lowest BCUT2D eigenvalue weighted by Gasteiger charge is -2.19. The molecular formula is C16H26.